The summed E-state index contributed by atoms with van der Waals surface area (Å²) in [5.41, 5.74) is 0.751. The molecule has 0 aliphatic carbocycles. The van der Waals surface area contributed by atoms with Crippen LogP contribution in [0.3, 0.4) is 0 Å². The van der Waals surface area contributed by atoms with Crippen LogP contribution in [0.1, 0.15) is 12.8 Å². The van der Waals surface area contributed by atoms with Crippen molar-refractivity contribution < 1.29 is 13.2 Å². The van der Waals surface area contributed by atoms with Crippen LogP contribution >= 0.6 is 11.8 Å². The Morgan fingerprint density at radius 1 is 1.04 bits per heavy atom. The second kappa shape index (κ2) is 8.03. The number of rotatable bonds is 7. The van der Waals surface area contributed by atoms with Gasteiger partial charge in [-0.25, -0.2) is 13.1 Å². The molecule has 2 aromatic carbocycles. The minimum Gasteiger partial charge on any atom is -0.312 e. The third kappa shape index (κ3) is 4.62. The number of benzene rings is 2. The van der Waals surface area contributed by atoms with Gasteiger partial charge in [-0.05, 0) is 42.8 Å². The van der Waals surface area contributed by atoms with Crippen LogP contribution in [0.2, 0.25) is 0 Å². The summed E-state index contributed by atoms with van der Waals surface area (Å²) >= 11 is 1.60. The fraction of sp³-hybridized carbons (Fsp3) is 0.278. The highest BCUT2D eigenvalue weighted by atomic mass is 32.2. The number of thioether (sulfide) groups is 1. The Balaban J connectivity index is 1.55. The van der Waals surface area contributed by atoms with Gasteiger partial charge in [0.1, 0.15) is 0 Å². The lowest BCUT2D eigenvalue weighted by molar-refractivity contribution is -0.117. The molecule has 1 aliphatic rings. The molecule has 132 valence electrons. The molecular formula is C18H20N2O3S2. The molecule has 1 saturated heterocycles. The van der Waals surface area contributed by atoms with Crippen LogP contribution in [-0.2, 0) is 14.8 Å². The van der Waals surface area contributed by atoms with Crippen molar-refractivity contribution in [3.63, 3.8) is 0 Å². The molecule has 2 aromatic rings. The Morgan fingerprint density at radius 2 is 1.76 bits per heavy atom. The van der Waals surface area contributed by atoms with E-state index in [2.05, 4.69) is 4.72 Å². The van der Waals surface area contributed by atoms with Crippen molar-refractivity contribution in [1.29, 1.82) is 0 Å². The summed E-state index contributed by atoms with van der Waals surface area (Å²) in [6.07, 6.45) is 1.40. The third-order valence-electron chi connectivity index (χ3n) is 3.94. The minimum absolute atomic E-state index is 0.0895. The molecular weight excluding hydrogens is 356 g/mol. The van der Waals surface area contributed by atoms with E-state index in [1.54, 1.807) is 40.9 Å². The van der Waals surface area contributed by atoms with E-state index >= 15 is 0 Å². The Hall–Kier alpha value is -1.83. The van der Waals surface area contributed by atoms with Gasteiger partial charge in [-0.15, -0.1) is 11.8 Å². The van der Waals surface area contributed by atoms with E-state index in [4.69, 9.17) is 0 Å². The number of hydrogen-bond acceptors (Lipinski definition) is 4. The zero-order chi connectivity index (χ0) is 17.7. The lowest BCUT2D eigenvalue weighted by atomic mass is 10.3. The predicted molar refractivity (Wildman–Crippen MR) is 100 cm³/mol. The molecule has 0 radical (unpaired) electrons. The molecule has 7 heteroatoms. The van der Waals surface area contributed by atoms with E-state index in [0.29, 0.717) is 25.3 Å². The Labute approximate surface area is 152 Å². The van der Waals surface area contributed by atoms with Gasteiger partial charge in [0, 0.05) is 35.8 Å². The van der Waals surface area contributed by atoms with Gasteiger partial charge in [0.15, 0.2) is 0 Å². The molecule has 0 atom stereocenters. The van der Waals surface area contributed by atoms with E-state index in [1.807, 2.05) is 30.3 Å². The minimum atomic E-state index is -3.54. The van der Waals surface area contributed by atoms with Gasteiger partial charge in [0.25, 0.3) is 0 Å². The first kappa shape index (κ1) is 18.0. The highest BCUT2D eigenvalue weighted by Crippen LogP contribution is 2.23. The lowest BCUT2D eigenvalue weighted by Gasteiger charge is -2.16. The molecule has 0 unspecified atom stereocenters. The maximum absolute atomic E-state index is 12.3. The van der Waals surface area contributed by atoms with Crippen molar-refractivity contribution >= 4 is 33.4 Å². The first-order chi connectivity index (χ1) is 12.1. The van der Waals surface area contributed by atoms with Gasteiger partial charge < -0.3 is 4.90 Å². The van der Waals surface area contributed by atoms with Crippen LogP contribution in [0.5, 0.6) is 0 Å². The summed E-state index contributed by atoms with van der Waals surface area (Å²) in [6, 6.07) is 16.3. The Kier molecular flexibility index (Phi) is 5.78. The van der Waals surface area contributed by atoms with Crippen molar-refractivity contribution in [3.8, 4) is 0 Å². The zero-order valence-corrected chi connectivity index (χ0v) is 15.4. The van der Waals surface area contributed by atoms with Gasteiger partial charge in [0.2, 0.25) is 15.9 Å². The summed E-state index contributed by atoms with van der Waals surface area (Å²) in [4.78, 5) is 14.8. The molecule has 5 nitrogen and oxygen atoms in total. The van der Waals surface area contributed by atoms with Crippen LogP contribution in [0.4, 0.5) is 5.69 Å². The summed E-state index contributed by atoms with van der Waals surface area (Å²) < 4.78 is 27.3. The molecule has 1 amide bonds. The number of nitrogens with one attached hydrogen (secondary N) is 1. The monoisotopic (exact) mass is 376 g/mol. The summed E-state index contributed by atoms with van der Waals surface area (Å²) in [5, 5.41) is 0. The first-order valence-corrected chi connectivity index (χ1v) is 10.6. The van der Waals surface area contributed by atoms with Gasteiger partial charge in [-0.3, -0.25) is 4.79 Å². The van der Waals surface area contributed by atoms with E-state index in [0.717, 1.165) is 17.0 Å². The number of anilines is 1. The molecule has 0 saturated carbocycles. The maximum atomic E-state index is 12.3. The fourth-order valence-corrected chi connectivity index (χ4v) is 4.62. The lowest BCUT2D eigenvalue weighted by Crippen LogP contribution is -2.26. The van der Waals surface area contributed by atoms with Gasteiger partial charge in [-0.2, -0.15) is 0 Å². The van der Waals surface area contributed by atoms with Crippen molar-refractivity contribution in [2.24, 2.45) is 0 Å². The van der Waals surface area contributed by atoms with Crippen LogP contribution in [0.25, 0.3) is 0 Å². The Bertz CT molecular complexity index is 821. The molecule has 3 rings (SSSR count). The number of hydrogen-bond donors (Lipinski definition) is 1. The molecule has 25 heavy (non-hydrogen) atoms. The summed E-state index contributed by atoms with van der Waals surface area (Å²) in [5.74, 6) is 0.746. The first-order valence-electron chi connectivity index (χ1n) is 8.14. The smallest absolute Gasteiger partial charge is 0.240 e. The third-order valence-corrected chi connectivity index (χ3v) is 6.43. The quantitative estimate of drug-likeness (QED) is 0.596. The predicted octanol–water partition coefficient (Wildman–Crippen LogP) is 2.88. The molecule has 1 aliphatic heterocycles. The molecule has 1 N–H and O–H groups in total. The van der Waals surface area contributed by atoms with E-state index in [-0.39, 0.29) is 10.8 Å². The largest absolute Gasteiger partial charge is 0.312 e. The van der Waals surface area contributed by atoms with Gasteiger partial charge >= 0.3 is 0 Å². The standard InChI is InChI=1S/C18H20N2O3S2/c21-18-7-4-13-20(18)15-8-10-17(11-9-15)25(22,23)19-12-14-24-16-5-2-1-3-6-16/h1-3,5-6,8-11,19H,4,7,12-14H2. The number of nitrogens with zero attached hydrogens (tertiary/aromatic N) is 1. The molecule has 1 fully saturated rings. The molecule has 0 bridgehead atoms. The van der Waals surface area contributed by atoms with Crippen LogP contribution in [0, 0.1) is 0 Å². The summed E-state index contributed by atoms with van der Waals surface area (Å²) in [7, 11) is -3.54. The second-order valence-corrected chi connectivity index (χ2v) is 8.64. The normalized spacial score (nSPS) is 14.9. The SMILES string of the molecule is O=C1CCCN1c1ccc(S(=O)(=O)NCCSc2ccccc2)cc1. The van der Waals surface area contributed by atoms with Crippen LogP contribution in [0.15, 0.2) is 64.4 Å². The second-order valence-electron chi connectivity index (χ2n) is 5.70. The van der Waals surface area contributed by atoms with Crippen LogP contribution in [-0.4, -0.2) is 33.2 Å². The number of carbonyl (C=O) groups is 1. The van der Waals surface area contributed by atoms with Crippen molar-refractivity contribution in [2.75, 3.05) is 23.7 Å². The molecule has 1 heterocycles. The average molecular weight is 377 g/mol. The zero-order valence-electron chi connectivity index (χ0n) is 13.7. The maximum Gasteiger partial charge on any atom is 0.240 e. The highest BCUT2D eigenvalue weighted by molar-refractivity contribution is 7.99. The number of amides is 1. The molecule has 0 aromatic heterocycles. The van der Waals surface area contributed by atoms with E-state index < -0.39 is 10.0 Å². The van der Waals surface area contributed by atoms with E-state index in [9.17, 15) is 13.2 Å². The number of sulfonamides is 1. The number of carbonyl (C=O) groups excluding carboxylic acids is 1. The Morgan fingerprint density at radius 3 is 2.40 bits per heavy atom. The van der Waals surface area contributed by atoms with Crippen molar-refractivity contribution in [2.45, 2.75) is 22.6 Å². The van der Waals surface area contributed by atoms with Crippen molar-refractivity contribution in [3.05, 3.63) is 54.6 Å². The van der Waals surface area contributed by atoms with Gasteiger partial charge in [-0.1, -0.05) is 18.2 Å². The van der Waals surface area contributed by atoms with Crippen molar-refractivity contribution in [1.82, 2.24) is 4.72 Å². The highest BCUT2D eigenvalue weighted by Gasteiger charge is 2.22. The van der Waals surface area contributed by atoms with Crippen LogP contribution < -0.4 is 9.62 Å². The average Bonchev–Trinajstić information content (AvgIpc) is 3.06. The summed E-state index contributed by atoms with van der Waals surface area (Å²) in [6.45, 7) is 1.05. The molecule has 0 spiro atoms. The fourth-order valence-electron chi connectivity index (χ4n) is 2.67. The topological polar surface area (TPSA) is 66.5 Å². The van der Waals surface area contributed by atoms with Gasteiger partial charge in [0.05, 0.1) is 4.90 Å². The van der Waals surface area contributed by atoms with E-state index in [1.165, 1.54) is 0 Å².